The van der Waals surface area contributed by atoms with Gasteiger partial charge in [0.25, 0.3) is 11.7 Å². The maximum Gasteiger partial charge on any atom is 0.288 e. The second-order valence-electron chi connectivity index (χ2n) is 4.41. The Morgan fingerprint density at radius 3 is 2.52 bits per heavy atom. The zero-order valence-electron chi connectivity index (χ0n) is 11.5. The van der Waals surface area contributed by atoms with Crippen molar-refractivity contribution in [1.29, 1.82) is 0 Å². The van der Waals surface area contributed by atoms with E-state index in [0.717, 1.165) is 17.7 Å². The van der Waals surface area contributed by atoms with Crippen molar-refractivity contribution in [2.45, 2.75) is 24.0 Å². The molecule has 21 heavy (non-hydrogen) atoms. The maximum atomic E-state index is 12.2. The molecule has 5 heteroatoms. The van der Waals surface area contributed by atoms with E-state index in [1.165, 1.54) is 12.1 Å². The van der Waals surface area contributed by atoms with Crippen molar-refractivity contribution in [3.63, 3.8) is 0 Å². The first-order valence-electron chi connectivity index (χ1n) is 6.53. The third kappa shape index (κ3) is 4.56. The van der Waals surface area contributed by atoms with E-state index in [9.17, 15) is 13.6 Å². The summed E-state index contributed by atoms with van der Waals surface area (Å²) in [6, 6.07) is 13.7. The second kappa shape index (κ2) is 7.22. The van der Waals surface area contributed by atoms with Gasteiger partial charge in [0.1, 0.15) is 0 Å². The molecule has 0 atom stereocenters. The number of aryl methyl sites for hydroxylation is 1. The van der Waals surface area contributed by atoms with Crippen LogP contribution in [0.1, 0.15) is 22.8 Å². The smallest absolute Gasteiger partial charge is 0.288 e. The Balaban J connectivity index is 2.05. The first kappa shape index (κ1) is 15.5. The van der Waals surface area contributed by atoms with Crippen LogP contribution >= 0.6 is 11.8 Å². The van der Waals surface area contributed by atoms with Gasteiger partial charge in [0.2, 0.25) is 0 Å². The van der Waals surface area contributed by atoms with E-state index < -0.39 is 5.76 Å². The molecule has 2 aromatic carbocycles. The Hall–Kier alpha value is -1.88. The molecule has 0 bridgehead atoms. The fraction of sp³-hybridized carbons (Fsp3) is 0.188. The summed E-state index contributed by atoms with van der Waals surface area (Å²) in [5.41, 5.74) is 2.30. The molecule has 110 valence electrons. The number of hydrogen-bond acceptors (Lipinski definition) is 2. The van der Waals surface area contributed by atoms with Gasteiger partial charge in [-0.05, 0) is 48.4 Å². The van der Waals surface area contributed by atoms with Crippen LogP contribution in [0.15, 0.2) is 53.4 Å². The molecular formula is C16H15F2NOS. The van der Waals surface area contributed by atoms with E-state index >= 15 is 0 Å². The summed E-state index contributed by atoms with van der Waals surface area (Å²) >= 11 is 0.463. The summed E-state index contributed by atoms with van der Waals surface area (Å²) in [5.74, 6) is -2.71. The number of alkyl halides is 2. The molecule has 0 saturated heterocycles. The molecule has 2 nitrogen and oxygen atoms in total. The third-order valence-electron chi connectivity index (χ3n) is 2.93. The van der Waals surface area contributed by atoms with Gasteiger partial charge in [-0.15, -0.1) is 0 Å². The van der Waals surface area contributed by atoms with Crippen LogP contribution in [0.2, 0.25) is 0 Å². The first-order chi connectivity index (χ1) is 10.1. The zero-order chi connectivity index (χ0) is 15.2. The second-order valence-corrected chi connectivity index (χ2v) is 5.47. The predicted molar refractivity (Wildman–Crippen MR) is 82.1 cm³/mol. The standard InChI is InChI=1S/C16H15F2NOS/c1-2-11-4-3-5-13(10-11)19-15(20)12-6-8-14(9-7-12)21-16(17)18/h3-10,16H,2H2,1H3,(H,19,20). The SMILES string of the molecule is CCc1cccc(NC(=O)c2ccc(SC(F)F)cc2)c1. The number of anilines is 1. The van der Waals surface area contributed by atoms with Crippen molar-refractivity contribution < 1.29 is 13.6 Å². The lowest BCUT2D eigenvalue weighted by Crippen LogP contribution is -2.11. The minimum absolute atomic E-state index is 0.253. The van der Waals surface area contributed by atoms with Gasteiger partial charge in [-0.2, -0.15) is 8.78 Å². The first-order valence-corrected chi connectivity index (χ1v) is 7.41. The highest BCUT2D eigenvalue weighted by Gasteiger charge is 2.09. The number of halogens is 2. The molecule has 1 amide bonds. The van der Waals surface area contributed by atoms with Crippen molar-refractivity contribution in [3.05, 3.63) is 59.7 Å². The number of benzene rings is 2. The third-order valence-corrected chi connectivity index (χ3v) is 3.66. The minimum atomic E-state index is -2.46. The summed E-state index contributed by atoms with van der Waals surface area (Å²) in [7, 11) is 0. The molecule has 0 heterocycles. The molecular weight excluding hydrogens is 292 g/mol. The summed E-state index contributed by atoms with van der Waals surface area (Å²) in [4.78, 5) is 12.5. The number of carbonyl (C=O) groups excluding carboxylic acids is 1. The van der Waals surface area contributed by atoms with Crippen molar-refractivity contribution in [2.24, 2.45) is 0 Å². The number of rotatable bonds is 5. The Bertz CT molecular complexity index is 614. The summed E-state index contributed by atoms with van der Waals surface area (Å²) < 4.78 is 24.4. The average molecular weight is 307 g/mol. The van der Waals surface area contributed by atoms with E-state index in [-0.39, 0.29) is 5.91 Å². The molecule has 0 aliphatic heterocycles. The minimum Gasteiger partial charge on any atom is -0.322 e. The fourth-order valence-corrected chi connectivity index (χ4v) is 2.36. The van der Waals surface area contributed by atoms with Crippen LogP contribution in [0, 0.1) is 0 Å². The number of carbonyl (C=O) groups is 1. The summed E-state index contributed by atoms with van der Waals surface area (Å²) in [6.45, 7) is 2.04. The molecule has 0 saturated carbocycles. The van der Waals surface area contributed by atoms with Gasteiger partial charge >= 0.3 is 0 Å². The Morgan fingerprint density at radius 2 is 1.90 bits per heavy atom. The highest BCUT2D eigenvalue weighted by Crippen LogP contribution is 2.25. The quantitative estimate of drug-likeness (QED) is 0.803. The molecule has 0 radical (unpaired) electrons. The fourth-order valence-electron chi connectivity index (χ4n) is 1.86. The van der Waals surface area contributed by atoms with E-state index in [2.05, 4.69) is 5.32 Å². The molecule has 0 unspecified atom stereocenters. The Kier molecular flexibility index (Phi) is 5.33. The summed E-state index contributed by atoms with van der Waals surface area (Å²) in [6.07, 6.45) is 0.892. The van der Waals surface area contributed by atoms with Gasteiger partial charge in [0.05, 0.1) is 0 Å². The highest BCUT2D eigenvalue weighted by atomic mass is 32.2. The molecule has 0 fully saturated rings. The number of hydrogen-bond donors (Lipinski definition) is 1. The molecule has 1 N–H and O–H groups in total. The zero-order valence-corrected chi connectivity index (χ0v) is 12.3. The van der Waals surface area contributed by atoms with Crippen LogP contribution in [-0.2, 0) is 6.42 Å². The Morgan fingerprint density at radius 1 is 1.19 bits per heavy atom. The van der Waals surface area contributed by atoms with Gasteiger partial charge in [-0.3, -0.25) is 4.79 Å². The molecule has 0 aromatic heterocycles. The van der Waals surface area contributed by atoms with E-state index in [0.29, 0.717) is 22.2 Å². The number of nitrogens with one attached hydrogen (secondary N) is 1. The lowest BCUT2D eigenvalue weighted by Gasteiger charge is -2.07. The van der Waals surface area contributed by atoms with Crippen LogP contribution in [0.25, 0.3) is 0 Å². The largest absolute Gasteiger partial charge is 0.322 e. The number of amides is 1. The van der Waals surface area contributed by atoms with Crippen LogP contribution in [-0.4, -0.2) is 11.7 Å². The molecule has 0 spiro atoms. The van der Waals surface area contributed by atoms with Crippen LogP contribution < -0.4 is 5.32 Å². The van der Waals surface area contributed by atoms with Crippen molar-refractivity contribution in [2.75, 3.05) is 5.32 Å². The van der Waals surface area contributed by atoms with E-state index in [1.807, 2.05) is 31.2 Å². The van der Waals surface area contributed by atoms with Gasteiger partial charge < -0.3 is 5.32 Å². The van der Waals surface area contributed by atoms with Crippen molar-refractivity contribution in [3.8, 4) is 0 Å². The van der Waals surface area contributed by atoms with Crippen LogP contribution in [0.5, 0.6) is 0 Å². The lowest BCUT2D eigenvalue weighted by molar-refractivity contribution is 0.102. The lowest BCUT2D eigenvalue weighted by atomic mass is 10.1. The molecule has 0 aliphatic rings. The van der Waals surface area contributed by atoms with Gasteiger partial charge in [0, 0.05) is 16.1 Å². The van der Waals surface area contributed by atoms with E-state index in [1.54, 1.807) is 12.1 Å². The van der Waals surface area contributed by atoms with Gasteiger partial charge in [-0.25, -0.2) is 0 Å². The van der Waals surface area contributed by atoms with Gasteiger partial charge in [0.15, 0.2) is 0 Å². The normalized spacial score (nSPS) is 10.7. The van der Waals surface area contributed by atoms with E-state index in [4.69, 9.17) is 0 Å². The molecule has 2 rings (SSSR count). The van der Waals surface area contributed by atoms with Gasteiger partial charge in [-0.1, -0.05) is 30.8 Å². The van der Waals surface area contributed by atoms with Crippen LogP contribution in [0.3, 0.4) is 0 Å². The van der Waals surface area contributed by atoms with Crippen LogP contribution in [0.4, 0.5) is 14.5 Å². The molecule has 2 aromatic rings. The summed E-state index contributed by atoms with van der Waals surface area (Å²) in [5, 5.41) is 2.80. The monoisotopic (exact) mass is 307 g/mol. The van der Waals surface area contributed by atoms with Crippen molar-refractivity contribution in [1.82, 2.24) is 0 Å². The average Bonchev–Trinajstić information content (AvgIpc) is 2.47. The maximum absolute atomic E-state index is 12.2. The molecule has 0 aliphatic carbocycles. The highest BCUT2D eigenvalue weighted by molar-refractivity contribution is 7.99. The predicted octanol–water partition coefficient (Wildman–Crippen LogP) is 4.82. The topological polar surface area (TPSA) is 29.1 Å². The Labute approximate surface area is 126 Å². The number of thioether (sulfide) groups is 1. The van der Waals surface area contributed by atoms with Crippen molar-refractivity contribution >= 4 is 23.4 Å².